The quantitative estimate of drug-likeness (QED) is 0.365. The number of benzene rings is 2. The summed E-state index contributed by atoms with van der Waals surface area (Å²) in [6.45, 7) is 14.6. The van der Waals surface area contributed by atoms with Gasteiger partial charge in [-0.1, -0.05) is 110 Å². The lowest BCUT2D eigenvalue weighted by Gasteiger charge is -2.11. The predicted octanol–water partition coefficient (Wildman–Crippen LogP) is 7.99. The highest BCUT2D eigenvalue weighted by atomic mass is 14.1. The molecule has 0 heterocycles. The second-order valence-corrected chi connectivity index (χ2v) is 7.67. The van der Waals surface area contributed by atoms with E-state index in [-0.39, 0.29) is 0 Å². The second kappa shape index (κ2) is 11.9. The van der Waals surface area contributed by atoms with Crippen LogP contribution in [0.1, 0.15) is 43.9 Å². The van der Waals surface area contributed by atoms with E-state index >= 15 is 0 Å². The highest BCUT2D eigenvalue weighted by molar-refractivity contribution is 5.46. The SMILES string of the molecule is C=C/C=C\C(=C(C)C)/C(=C/C(=C)Cc1ccc(CCc2ccccc2)cc1)CC. The van der Waals surface area contributed by atoms with Gasteiger partial charge in [0.1, 0.15) is 0 Å². The largest absolute Gasteiger partial charge is 0.0991 e. The summed E-state index contributed by atoms with van der Waals surface area (Å²) in [5.41, 5.74) is 9.15. The third kappa shape index (κ3) is 7.58. The monoisotopic (exact) mass is 382 g/mol. The standard InChI is InChI=1S/C29H34/c1-6-8-14-29(23(3)4)28(7-2)22-24(5)21-27-19-17-26(18-20-27)16-15-25-12-10-9-11-13-25/h6,8-14,17-20,22H,1,5,7,15-16,21H2,2-4H3/b14-8-,28-22+. The molecule has 0 aliphatic carbocycles. The van der Waals surface area contributed by atoms with Crippen LogP contribution in [-0.2, 0) is 19.3 Å². The molecule has 0 spiro atoms. The minimum atomic E-state index is 0.879. The summed E-state index contributed by atoms with van der Waals surface area (Å²) in [5.74, 6) is 0. The minimum Gasteiger partial charge on any atom is -0.0991 e. The van der Waals surface area contributed by atoms with Crippen molar-refractivity contribution in [1.82, 2.24) is 0 Å². The molecule has 0 heteroatoms. The molecular formula is C29H34. The number of allylic oxidation sites excluding steroid dienone is 8. The van der Waals surface area contributed by atoms with Crippen molar-refractivity contribution in [3.8, 4) is 0 Å². The van der Waals surface area contributed by atoms with Crippen molar-refractivity contribution in [1.29, 1.82) is 0 Å². The van der Waals surface area contributed by atoms with Crippen molar-refractivity contribution in [2.24, 2.45) is 0 Å². The van der Waals surface area contributed by atoms with Gasteiger partial charge in [0.05, 0.1) is 0 Å². The molecule has 0 amide bonds. The van der Waals surface area contributed by atoms with Crippen LogP contribution < -0.4 is 0 Å². The molecule has 2 aromatic rings. The third-order valence-electron chi connectivity index (χ3n) is 5.04. The Labute approximate surface area is 177 Å². The Hall–Kier alpha value is -2.86. The lowest BCUT2D eigenvalue weighted by Crippen LogP contribution is -1.94. The minimum absolute atomic E-state index is 0.879. The van der Waals surface area contributed by atoms with E-state index in [4.69, 9.17) is 0 Å². The summed E-state index contributed by atoms with van der Waals surface area (Å²) in [6, 6.07) is 19.7. The Morgan fingerprint density at radius 2 is 1.45 bits per heavy atom. The molecule has 2 aromatic carbocycles. The second-order valence-electron chi connectivity index (χ2n) is 7.67. The molecule has 0 aliphatic heterocycles. The first kappa shape index (κ1) is 22.4. The summed E-state index contributed by atoms with van der Waals surface area (Å²) in [6.07, 6.45) is 12.2. The van der Waals surface area contributed by atoms with Gasteiger partial charge in [0.25, 0.3) is 0 Å². The van der Waals surface area contributed by atoms with Crippen LogP contribution in [0.25, 0.3) is 0 Å². The maximum absolute atomic E-state index is 4.31. The van der Waals surface area contributed by atoms with Gasteiger partial charge < -0.3 is 0 Å². The van der Waals surface area contributed by atoms with E-state index in [1.54, 1.807) is 0 Å². The highest BCUT2D eigenvalue weighted by Gasteiger charge is 2.04. The van der Waals surface area contributed by atoms with Crippen molar-refractivity contribution >= 4 is 0 Å². The molecule has 0 saturated heterocycles. The van der Waals surface area contributed by atoms with E-state index in [1.807, 2.05) is 12.2 Å². The van der Waals surface area contributed by atoms with Crippen molar-refractivity contribution in [3.63, 3.8) is 0 Å². The van der Waals surface area contributed by atoms with Crippen LogP contribution in [0.5, 0.6) is 0 Å². The van der Waals surface area contributed by atoms with Crippen LogP contribution in [-0.4, -0.2) is 0 Å². The molecule has 0 saturated carbocycles. The van der Waals surface area contributed by atoms with E-state index < -0.39 is 0 Å². The summed E-state index contributed by atoms with van der Waals surface area (Å²) in [5, 5.41) is 0. The van der Waals surface area contributed by atoms with Gasteiger partial charge in [-0.05, 0) is 67.4 Å². The van der Waals surface area contributed by atoms with Crippen molar-refractivity contribution in [2.45, 2.75) is 46.5 Å². The molecule has 150 valence electrons. The average Bonchev–Trinajstić information content (AvgIpc) is 2.73. The maximum atomic E-state index is 4.31. The van der Waals surface area contributed by atoms with Gasteiger partial charge in [-0.25, -0.2) is 0 Å². The molecule has 2 rings (SSSR count). The topological polar surface area (TPSA) is 0 Å². The molecular weight excluding hydrogens is 348 g/mol. The van der Waals surface area contributed by atoms with Crippen LogP contribution in [0.3, 0.4) is 0 Å². The fraction of sp³-hybridized carbons (Fsp3) is 0.241. The zero-order chi connectivity index (χ0) is 21.1. The smallest absolute Gasteiger partial charge is 0.00315 e. The number of aryl methyl sites for hydroxylation is 2. The van der Waals surface area contributed by atoms with Crippen molar-refractivity contribution < 1.29 is 0 Å². The van der Waals surface area contributed by atoms with Crippen LogP contribution in [0.4, 0.5) is 0 Å². The predicted molar refractivity (Wildman–Crippen MR) is 129 cm³/mol. The van der Waals surface area contributed by atoms with E-state index in [1.165, 1.54) is 33.4 Å². The molecule has 0 N–H and O–H groups in total. The van der Waals surface area contributed by atoms with Gasteiger partial charge in [-0.15, -0.1) is 0 Å². The van der Waals surface area contributed by atoms with Crippen LogP contribution in [0.2, 0.25) is 0 Å². The zero-order valence-electron chi connectivity index (χ0n) is 18.2. The van der Waals surface area contributed by atoms with Crippen molar-refractivity contribution in [2.75, 3.05) is 0 Å². The van der Waals surface area contributed by atoms with Gasteiger partial charge in [0.15, 0.2) is 0 Å². The first-order valence-electron chi connectivity index (χ1n) is 10.5. The van der Waals surface area contributed by atoms with Crippen LogP contribution in [0, 0.1) is 0 Å². The molecule has 0 unspecified atom stereocenters. The Kier molecular flexibility index (Phi) is 9.18. The highest BCUT2D eigenvalue weighted by Crippen LogP contribution is 2.22. The summed E-state index contributed by atoms with van der Waals surface area (Å²) >= 11 is 0. The normalized spacial score (nSPS) is 11.5. The van der Waals surface area contributed by atoms with E-state index in [9.17, 15) is 0 Å². The Balaban J connectivity index is 2.02. The number of rotatable bonds is 10. The molecule has 0 radical (unpaired) electrons. The Morgan fingerprint density at radius 1 is 0.862 bits per heavy atom. The molecule has 29 heavy (non-hydrogen) atoms. The van der Waals surface area contributed by atoms with Crippen LogP contribution >= 0.6 is 0 Å². The average molecular weight is 383 g/mol. The third-order valence-corrected chi connectivity index (χ3v) is 5.04. The first-order chi connectivity index (χ1) is 14.0. The number of hydrogen-bond acceptors (Lipinski definition) is 0. The molecule has 0 nitrogen and oxygen atoms in total. The molecule has 0 atom stereocenters. The number of hydrogen-bond donors (Lipinski definition) is 0. The summed E-state index contributed by atoms with van der Waals surface area (Å²) in [4.78, 5) is 0. The fourth-order valence-electron chi connectivity index (χ4n) is 3.45. The van der Waals surface area contributed by atoms with Gasteiger partial charge >= 0.3 is 0 Å². The van der Waals surface area contributed by atoms with E-state index in [2.05, 4.69) is 101 Å². The van der Waals surface area contributed by atoms with E-state index in [0.29, 0.717) is 0 Å². The Morgan fingerprint density at radius 3 is 2.00 bits per heavy atom. The summed E-state index contributed by atoms with van der Waals surface area (Å²) < 4.78 is 0. The van der Waals surface area contributed by atoms with Gasteiger partial charge in [-0.3, -0.25) is 0 Å². The van der Waals surface area contributed by atoms with E-state index in [0.717, 1.165) is 31.3 Å². The lowest BCUT2D eigenvalue weighted by atomic mass is 9.94. The fourth-order valence-corrected chi connectivity index (χ4v) is 3.45. The van der Waals surface area contributed by atoms with Gasteiger partial charge in [-0.2, -0.15) is 0 Å². The molecule has 0 aromatic heterocycles. The molecule has 0 fully saturated rings. The van der Waals surface area contributed by atoms with Gasteiger partial charge in [0.2, 0.25) is 0 Å². The lowest BCUT2D eigenvalue weighted by molar-refractivity contribution is 0.958. The van der Waals surface area contributed by atoms with Gasteiger partial charge in [0, 0.05) is 0 Å². The molecule has 0 aliphatic rings. The zero-order valence-corrected chi connectivity index (χ0v) is 18.2. The van der Waals surface area contributed by atoms with Crippen molar-refractivity contribution in [3.05, 3.63) is 131 Å². The Bertz CT molecular complexity index is 883. The first-order valence-corrected chi connectivity index (χ1v) is 10.5. The maximum Gasteiger partial charge on any atom is -0.00315 e. The summed E-state index contributed by atoms with van der Waals surface area (Å²) in [7, 11) is 0. The molecule has 0 bridgehead atoms. The van der Waals surface area contributed by atoms with Crippen LogP contribution in [0.15, 0.2) is 114 Å².